The van der Waals surface area contributed by atoms with Gasteiger partial charge < -0.3 is 15.2 Å². The molecule has 2 N–H and O–H groups in total. The summed E-state index contributed by atoms with van der Waals surface area (Å²) in [5, 5.41) is 13.7. The number of esters is 1. The fourth-order valence-electron chi connectivity index (χ4n) is 3.17. The molecule has 3 rings (SSSR count). The first kappa shape index (κ1) is 20.0. The fourth-order valence-corrected chi connectivity index (χ4v) is 4.85. The summed E-state index contributed by atoms with van der Waals surface area (Å²) in [6, 6.07) is 16.1. The molecule has 1 heterocycles. The molecule has 8 heteroatoms. The Kier molecular flexibility index (Phi) is 5.81. The van der Waals surface area contributed by atoms with Crippen molar-refractivity contribution < 1.29 is 27.9 Å². The molecule has 2 aromatic carbocycles. The Hall–Kier alpha value is -2.71. The van der Waals surface area contributed by atoms with Crippen LogP contribution in [0.5, 0.6) is 0 Å². The van der Waals surface area contributed by atoms with Gasteiger partial charge in [0, 0.05) is 6.04 Å². The average molecular weight is 403 g/mol. The van der Waals surface area contributed by atoms with E-state index >= 15 is 0 Å². The summed E-state index contributed by atoms with van der Waals surface area (Å²) in [4.78, 5) is 24.8. The van der Waals surface area contributed by atoms with Crippen molar-refractivity contribution in [1.29, 1.82) is 0 Å². The summed E-state index contributed by atoms with van der Waals surface area (Å²) >= 11 is 0. The number of amides is 1. The van der Waals surface area contributed by atoms with Crippen molar-refractivity contribution in [3.63, 3.8) is 0 Å². The van der Waals surface area contributed by atoms with Gasteiger partial charge in [-0.2, -0.15) is 0 Å². The van der Waals surface area contributed by atoms with Crippen LogP contribution in [0, 0.1) is 0 Å². The van der Waals surface area contributed by atoms with E-state index in [9.17, 15) is 23.1 Å². The molecule has 1 aliphatic heterocycles. The first-order valence-corrected chi connectivity index (χ1v) is 10.6. The van der Waals surface area contributed by atoms with Crippen molar-refractivity contribution in [1.82, 2.24) is 5.32 Å². The van der Waals surface area contributed by atoms with Crippen molar-refractivity contribution >= 4 is 21.7 Å². The molecule has 0 unspecified atom stereocenters. The van der Waals surface area contributed by atoms with Crippen LogP contribution in [0.2, 0.25) is 0 Å². The number of aliphatic hydroxyl groups is 1. The molecule has 1 amide bonds. The number of hydrogen-bond acceptors (Lipinski definition) is 6. The van der Waals surface area contributed by atoms with Gasteiger partial charge in [-0.25, -0.2) is 13.2 Å². The van der Waals surface area contributed by atoms with Gasteiger partial charge in [0.2, 0.25) is 5.60 Å². The maximum Gasteiger partial charge on any atom is 0.348 e. The lowest BCUT2D eigenvalue weighted by Gasteiger charge is -2.27. The first-order chi connectivity index (χ1) is 13.3. The normalized spacial score (nSPS) is 18.4. The van der Waals surface area contributed by atoms with Crippen LogP contribution in [0.1, 0.15) is 17.5 Å². The predicted octanol–water partition coefficient (Wildman–Crippen LogP) is 0.769. The molecule has 0 bridgehead atoms. The second-order valence-corrected chi connectivity index (χ2v) is 8.91. The highest BCUT2D eigenvalue weighted by Crippen LogP contribution is 2.31. The van der Waals surface area contributed by atoms with Gasteiger partial charge in [0.1, 0.15) is 0 Å². The highest BCUT2D eigenvalue weighted by atomic mass is 32.2. The van der Waals surface area contributed by atoms with Gasteiger partial charge in [-0.05, 0) is 17.5 Å². The third-order valence-electron chi connectivity index (χ3n) is 4.61. The lowest BCUT2D eigenvalue weighted by Crippen LogP contribution is -2.42. The summed E-state index contributed by atoms with van der Waals surface area (Å²) in [5.41, 5.74) is -1.44. The number of benzene rings is 2. The van der Waals surface area contributed by atoms with E-state index in [0.29, 0.717) is 17.5 Å². The monoisotopic (exact) mass is 403 g/mol. The van der Waals surface area contributed by atoms with E-state index in [1.807, 2.05) is 0 Å². The Morgan fingerprint density at radius 3 is 2.04 bits per heavy atom. The van der Waals surface area contributed by atoms with Crippen LogP contribution in [0.25, 0.3) is 0 Å². The van der Waals surface area contributed by atoms with Crippen LogP contribution in [0.3, 0.4) is 0 Å². The molecule has 1 atom stereocenters. The molecule has 148 valence electrons. The van der Waals surface area contributed by atoms with Gasteiger partial charge in [-0.3, -0.25) is 4.79 Å². The van der Waals surface area contributed by atoms with E-state index in [1.165, 1.54) is 0 Å². The Bertz CT molecular complexity index is 904. The molecule has 1 fully saturated rings. The smallest absolute Gasteiger partial charge is 0.348 e. The standard InChI is InChI=1S/C20H21NO6S/c22-18(21-17-11-12-28(25,26)14-17)13-27-19(23)20(24,15-7-3-1-4-8-15)16-9-5-2-6-10-16/h1-10,17,24H,11-14H2,(H,21,22)/t17-/m0/s1. The number of carbonyl (C=O) groups excluding carboxylic acids is 2. The minimum atomic E-state index is -3.13. The molecule has 28 heavy (non-hydrogen) atoms. The van der Waals surface area contributed by atoms with Crippen molar-refractivity contribution in [2.45, 2.75) is 18.1 Å². The topological polar surface area (TPSA) is 110 Å². The Morgan fingerprint density at radius 1 is 1.04 bits per heavy atom. The molecule has 7 nitrogen and oxygen atoms in total. The van der Waals surface area contributed by atoms with E-state index < -0.39 is 40.0 Å². The summed E-state index contributed by atoms with van der Waals surface area (Å²) in [7, 11) is -3.13. The van der Waals surface area contributed by atoms with Crippen LogP contribution in [-0.2, 0) is 29.8 Å². The number of sulfone groups is 1. The van der Waals surface area contributed by atoms with Gasteiger partial charge >= 0.3 is 5.97 Å². The van der Waals surface area contributed by atoms with Gasteiger partial charge in [0.15, 0.2) is 16.4 Å². The van der Waals surface area contributed by atoms with Crippen molar-refractivity contribution in [3.8, 4) is 0 Å². The zero-order chi connectivity index (χ0) is 20.2. The van der Waals surface area contributed by atoms with Crippen LogP contribution in [0.4, 0.5) is 0 Å². The Morgan fingerprint density at radius 2 is 1.57 bits per heavy atom. The minimum Gasteiger partial charge on any atom is -0.453 e. The fraction of sp³-hybridized carbons (Fsp3) is 0.300. The number of nitrogens with one attached hydrogen (secondary N) is 1. The van der Waals surface area contributed by atoms with Crippen molar-refractivity contribution in [2.75, 3.05) is 18.1 Å². The van der Waals surface area contributed by atoms with E-state index in [2.05, 4.69) is 5.32 Å². The summed E-state index contributed by atoms with van der Waals surface area (Å²) in [6.07, 6.45) is 0.333. The lowest BCUT2D eigenvalue weighted by atomic mass is 9.86. The van der Waals surface area contributed by atoms with E-state index in [-0.39, 0.29) is 11.5 Å². The summed E-state index contributed by atoms with van der Waals surface area (Å²) in [5.74, 6) is -1.69. The van der Waals surface area contributed by atoms with Crippen molar-refractivity contribution in [2.24, 2.45) is 0 Å². The molecule has 0 radical (unpaired) electrons. The van der Waals surface area contributed by atoms with Crippen molar-refractivity contribution in [3.05, 3.63) is 71.8 Å². The average Bonchev–Trinajstić information content (AvgIpc) is 3.05. The molecule has 0 saturated carbocycles. The van der Waals surface area contributed by atoms with Crippen LogP contribution in [0.15, 0.2) is 60.7 Å². The molecule has 0 aromatic heterocycles. The maximum absolute atomic E-state index is 12.8. The SMILES string of the molecule is O=C(COC(=O)C(O)(c1ccccc1)c1ccccc1)N[C@H]1CCS(=O)(=O)C1. The summed E-state index contributed by atoms with van der Waals surface area (Å²) < 4.78 is 28.0. The third kappa shape index (κ3) is 4.40. The van der Waals surface area contributed by atoms with Crippen LogP contribution < -0.4 is 5.32 Å². The zero-order valence-corrected chi connectivity index (χ0v) is 15.9. The molecular formula is C20H21NO6S. The molecule has 1 aliphatic rings. The van der Waals surface area contributed by atoms with E-state index in [1.54, 1.807) is 60.7 Å². The third-order valence-corrected chi connectivity index (χ3v) is 6.38. The molecular weight excluding hydrogens is 382 g/mol. The number of ether oxygens (including phenoxy) is 1. The number of hydrogen-bond donors (Lipinski definition) is 2. The van der Waals surface area contributed by atoms with Gasteiger partial charge in [0.05, 0.1) is 11.5 Å². The second kappa shape index (κ2) is 8.12. The Balaban J connectivity index is 1.71. The summed E-state index contributed by atoms with van der Waals surface area (Å²) in [6.45, 7) is -0.614. The highest BCUT2D eigenvalue weighted by molar-refractivity contribution is 7.91. The minimum absolute atomic E-state index is 0.0273. The molecule has 0 spiro atoms. The lowest BCUT2D eigenvalue weighted by molar-refractivity contribution is -0.164. The molecule has 1 saturated heterocycles. The maximum atomic E-state index is 12.8. The largest absolute Gasteiger partial charge is 0.453 e. The second-order valence-electron chi connectivity index (χ2n) is 6.69. The van der Waals surface area contributed by atoms with Crippen LogP contribution >= 0.6 is 0 Å². The Labute approximate surface area is 163 Å². The van der Waals surface area contributed by atoms with Gasteiger partial charge in [-0.1, -0.05) is 60.7 Å². The van der Waals surface area contributed by atoms with Gasteiger partial charge in [-0.15, -0.1) is 0 Å². The predicted molar refractivity (Wildman–Crippen MR) is 102 cm³/mol. The molecule has 0 aliphatic carbocycles. The highest BCUT2D eigenvalue weighted by Gasteiger charge is 2.42. The first-order valence-electron chi connectivity index (χ1n) is 8.82. The van der Waals surface area contributed by atoms with E-state index in [4.69, 9.17) is 4.74 Å². The van der Waals surface area contributed by atoms with E-state index in [0.717, 1.165) is 0 Å². The quantitative estimate of drug-likeness (QED) is 0.690. The van der Waals surface area contributed by atoms with Crippen LogP contribution in [-0.4, -0.2) is 49.6 Å². The van der Waals surface area contributed by atoms with Gasteiger partial charge in [0.25, 0.3) is 5.91 Å². The zero-order valence-electron chi connectivity index (χ0n) is 15.1. The number of carbonyl (C=O) groups is 2. The number of rotatable bonds is 6. The molecule has 2 aromatic rings.